The van der Waals surface area contributed by atoms with Crippen LogP contribution in [0.2, 0.25) is 5.02 Å². The van der Waals surface area contributed by atoms with Crippen molar-refractivity contribution in [2.75, 3.05) is 7.11 Å². The molecule has 1 saturated heterocycles. The molecule has 2 atom stereocenters. The van der Waals surface area contributed by atoms with Crippen LogP contribution in [0.5, 0.6) is 11.5 Å². The van der Waals surface area contributed by atoms with E-state index in [1.54, 1.807) is 13.2 Å². The lowest BCUT2D eigenvalue weighted by Crippen LogP contribution is -2.66. The molecule has 4 nitrogen and oxygen atoms in total. The van der Waals surface area contributed by atoms with Gasteiger partial charge < -0.3 is 19.7 Å². The first-order valence-corrected chi connectivity index (χ1v) is 7.80. The number of nitrogens with zero attached hydrogens (tertiary/aromatic N) is 1. The van der Waals surface area contributed by atoms with E-state index in [-0.39, 0.29) is 12.1 Å². The summed E-state index contributed by atoms with van der Waals surface area (Å²) in [5.74, 6) is 1.41. The standard InChI is InChI=1S/C15H19ClN2O2S/c1-8(2)18-14(21)17-11-7-15(18,3)20-13-10(11)5-9(16)6-12(13)19-4/h5-6,8,11H,7H2,1-4H3,(H,17,21). The summed E-state index contributed by atoms with van der Waals surface area (Å²) in [6.07, 6.45) is 0.807. The summed E-state index contributed by atoms with van der Waals surface area (Å²) in [6, 6.07) is 4.04. The van der Waals surface area contributed by atoms with Gasteiger partial charge in [0.05, 0.1) is 13.2 Å². The number of hydrogen-bond acceptors (Lipinski definition) is 3. The quantitative estimate of drug-likeness (QED) is 0.841. The van der Waals surface area contributed by atoms with E-state index in [1.807, 2.05) is 6.07 Å². The number of nitrogens with one attached hydrogen (secondary N) is 1. The molecule has 2 unspecified atom stereocenters. The molecule has 1 N–H and O–H groups in total. The zero-order chi connectivity index (χ0) is 15.4. The van der Waals surface area contributed by atoms with E-state index < -0.39 is 5.72 Å². The molecule has 3 rings (SSSR count). The van der Waals surface area contributed by atoms with Crippen molar-refractivity contribution in [1.82, 2.24) is 10.2 Å². The fraction of sp³-hybridized carbons (Fsp3) is 0.533. The number of thiocarbonyl (C=S) groups is 1. The minimum Gasteiger partial charge on any atom is -0.493 e. The SMILES string of the molecule is COc1cc(Cl)cc2c1OC1(C)CC2NC(=S)N1C(C)C. The Morgan fingerprint density at radius 1 is 1.52 bits per heavy atom. The van der Waals surface area contributed by atoms with Crippen LogP contribution in [0, 0.1) is 0 Å². The Morgan fingerprint density at radius 2 is 2.24 bits per heavy atom. The molecular formula is C15H19ClN2O2S. The molecule has 114 valence electrons. The molecule has 2 aliphatic heterocycles. The molecule has 0 aliphatic carbocycles. The zero-order valence-corrected chi connectivity index (χ0v) is 14.1. The van der Waals surface area contributed by atoms with Crippen molar-refractivity contribution < 1.29 is 9.47 Å². The maximum absolute atomic E-state index is 6.33. The number of fused-ring (bicyclic) bond motifs is 4. The van der Waals surface area contributed by atoms with Crippen LogP contribution in [-0.4, -0.2) is 28.9 Å². The van der Waals surface area contributed by atoms with Crippen molar-refractivity contribution in [1.29, 1.82) is 0 Å². The third-order valence-electron chi connectivity index (χ3n) is 4.09. The second-order valence-corrected chi connectivity index (χ2v) is 6.80. The monoisotopic (exact) mass is 326 g/mol. The first-order valence-electron chi connectivity index (χ1n) is 7.02. The van der Waals surface area contributed by atoms with E-state index >= 15 is 0 Å². The molecule has 2 bridgehead atoms. The normalized spacial score (nSPS) is 27.0. The number of rotatable bonds is 2. The molecular weight excluding hydrogens is 308 g/mol. The molecule has 1 aromatic rings. The molecule has 0 aromatic heterocycles. The van der Waals surface area contributed by atoms with Crippen LogP contribution in [0.1, 0.15) is 38.8 Å². The highest BCUT2D eigenvalue weighted by molar-refractivity contribution is 7.80. The number of ether oxygens (including phenoxy) is 2. The van der Waals surface area contributed by atoms with Gasteiger partial charge in [-0.2, -0.15) is 0 Å². The van der Waals surface area contributed by atoms with Gasteiger partial charge in [-0.15, -0.1) is 0 Å². The van der Waals surface area contributed by atoms with Crippen molar-refractivity contribution in [2.24, 2.45) is 0 Å². The van der Waals surface area contributed by atoms with Gasteiger partial charge in [0, 0.05) is 29.1 Å². The van der Waals surface area contributed by atoms with Gasteiger partial charge in [-0.3, -0.25) is 0 Å². The molecule has 0 saturated carbocycles. The highest BCUT2D eigenvalue weighted by Gasteiger charge is 2.49. The summed E-state index contributed by atoms with van der Waals surface area (Å²) in [6.45, 7) is 6.29. The fourth-order valence-corrected chi connectivity index (χ4v) is 4.11. The largest absolute Gasteiger partial charge is 0.493 e. The Bertz CT molecular complexity index is 608. The topological polar surface area (TPSA) is 33.7 Å². The van der Waals surface area contributed by atoms with E-state index in [9.17, 15) is 0 Å². The highest BCUT2D eigenvalue weighted by atomic mass is 35.5. The van der Waals surface area contributed by atoms with E-state index in [0.29, 0.717) is 15.9 Å². The van der Waals surface area contributed by atoms with Crippen molar-refractivity contribution in [3.05, 3.63) is 22.7 Å². The lowest BCUT2D eigenvalue weighted by Gasteiger charge is -2.54. The van der Waals surface area contributed by atoms with Crippen LogP contribution in [0.3, 0.4) is 0 Å². The van der Waals surface area contributed by atoms with E-state index in [2.05, 4.69) is 31.0 Å². The summed E-state index contributed by atoms with van der Waals surface area (Å²) in [5, 5.41) is 4.75. The molecule has 0 radical (unpaired) electrons. The van der Waals surface area contributed by atoms with Gasteiger partial charge in [0.25, 0.3) is 0 Å². The minimum absolute atomic E-state index is 0.0915. The molecule has 6 heteroatoms. The molecule has 2 heterocycles. The van der Waals surface area contributed by atoms with Crippen LogP contribution in [0.25, 0.3) is 0 Å². The van der Waals surface area contributed by atoms with Crippen molar-refractivity contribution in [3.63, 3.8) is 0 Å². The Morgan fingerprint density at radius 3 is 2.86 bits per heavy atom. The number of benzene rings is 1. The second kappa shape index (κ2) is 4.92. The van der Waals surface area contributed by atoms with Crippen molar-refractivity contribution in [3.8, 4) is 11.5 Å². The van der Waals surface area contributed by atoms with Crippen molar-refractivity contribution >= 4 is 28.9 Å². The predicted octanol–water partition coefficient (Wildman–Crippen LogP) is 3.49. The molecule has 21 heavy (non-hydrogen) atoms. The van der Waals surface area contributed by atoms with Gasteiger partial charge in [-0.25, -0.2) is 0 Å². The average molecular weight is 327 g/mol. The lowest BCUT2D eigenvalue weighted by atomic mass is 9.89. The van der Waals surface area contributed by atoms with Gasteiger partial charge in [-0.05, 0) is 39.1 Å². The van der Waals surface area contributed by atoms with Gasteiger partial charge in [-0.1, -0.05) is 11.6 Å². The maximum atomic E-state index is 6.33. The smallest absolute Gasteiger partial charge is 0.184 e. The molecule has 1 fully saturated rings. The number of methoxy groups -OCH3 is 1. The van der Waals surface area contributed by atoms with Crippen LogP contribution >= 0.6 is 23.8 Å². The molecule has 0 amide bonds. The summed E-state index contributed by atoms with van der Waals surface area (Å²) in [7, 11) is 1.63. The van der Waals surface area contributed by atoms with Crippen LogP contribution in [0.15, 0.2) is 12.1 Å². The van der Waals surface area contributed by atoms with E-state index in [0.717, 1.165) is 17.7 Å². The molecule has 1 aromatic carbocycles. The fourth-order valence-electron chi connectivity index (χ4n) is 3.35. The van der Waals surface area contributed by atoms with E-state index in [4.69, 9.17) is 33.3 Å². The Kier molecular flexibility index (Phi) is 3.45. The predicted molar refractivity (Wildman–Crippen MR) is 87.1 cm³/mol. The van der Waals surface area contributed by atoms with Gasteiger partial charge in [0.15, 0.2) is 22.3 Å². The summed E-state index contributed by atoms with van der Waals surface area (Å²) in [5.41, 5.74) is 0.525. The van der Waals surface area contributed by atoms with Gasteiger partial charge in [0.2, 0.25) is 0 Å². The summed E-state index contributed by atoms with van der Waals surface area (Å²) < 4.78 is 11.8. The summed E-state index contributed by atoms with van der Waals surface area (Å²) >= 11 is 11.7. The van der Waals surface area contributed by atoms with E-state index in [1.165, 1.54) is 0 Å². The minimum atomic E-state index is -0.477. The first kappa shape index (κ1) is 14.7. The molecule has 0 spiro atoms. The number of halogens is 1. The third-order valence-corrected chi connectivity index (χ3v) is 4.62. The first-order chi connectivity index (χ1) is 9.85. The zero-order valence-electron chi connectivity index (χ0n) is 12.6. The van der Waals surface area contributed by atoms with Gasteiger partial charge in [0.1, 0.15) is 0 Å². The maximum Gasteiger partial charge on any atom is 0.184 e. The second-order valence-electron chi connectivity index (χ2n) is 5.97. The average Bonchev–Trinajstić information content (AvgIpc) is 2.37. The lowest BCUT2D eigenvalue weighted by molar-refractivity contribution is -0.0821. The van der Waals surface area contributed by atoms with Crippen LogP contribution < -0.4 is 14.8 Å². The van der Waals surface area contributed by atoms with Gasteiger partial charge >= 0.3 is 0 Å². The Labute approximate surface area is 135 Å². The Hall–Kier alpha value is -1.20. The molecule has 2 aliphatic rings. The summed E-state index contributed by atoms with van der Waals surface area (Å²) in [4.78, 5) is 2.11. The third kappa shape index (κ3) is 2.23. The highest BCUT2D eigenvalue weighted by Crippen LogP contribution is 2.49. The van der Waals surface area contributed by atoms with Crippen LogP contribution in [-0.2, 0) is 0 Å². The van der Waals surface area contributed by atoms with Crippen LogP contribution in [0.4, 0.5) is 0 Å². The number of hydrogen-bond donors (Lipinski definition) is 1. The van der Waals surface area contributed by atoms with Crippen molar-refractivity contribution in [2.45, 2.75) is 45.0 Å². The Balaban J connectivity index is 2.13.